The standard InChI is InChI=1S/C20H24N6S/c1-3-16-13-18(24-19(23-16)17-7-4-5-8-21-17)25-9-6-10-26(12-11-25)20-22-15(2)14-27-20/h4-5,7-8,13-14H,3,6,9-12H2,1-2H3. The van der Waals surface area contributed by atoms with Crippen LogP contribution in [0.4, 0.5) is 10.9 Å². The Morgan fingerprint density at radius 1 is 1.04 bits per heavy atom. The molecule has 0 spiro atoms. The van der Waals surface area contributed by atoms with E-state index in [0.717, 1.165) is 67.1 Å². The second kappa shape index (κ2) is 8.00. The van der Waals surface area contributed by atoms with Crippen LogP contribution < -0.4 is 9.80 Å². The predicted molar refractivity (Wildman–Crippen MR) is 111 cm³/mol. The van der Waals surface area contributed by atoms with E-state index in [9.17, 15) is 0 Å². The van der Waals surface area contributed by atoms with Crippen LogP contribution in [0.2, 0.25) is 0 Å². The van der Waals surface area contributed by atoms with Gasteiger partial charge in [-0.3, -0.25) is 4.98 Å². The Morgan fingerprint density at radius 2 is 1.89 bits per heavy atom. The van der Waals surface area contributed by atoms with E-state index in [2.05, 4.69) is 50.0 Å². The van der Waals surface area contributed by atoms with E-state index in [1.165, 1.54) is 0 Å². The molecule has 1 saturated heterocycles. The summed E-state index contributed by atoms with van der Waals surface area (Å²) in [5, 5.41) is 3.25. The van der Waals surface area contributed by atoms with Gasteiger partial charge in [-0.25, -0.2) is 15.0 Å². The van der Waals surface area contributed by atoms with Gasteiger partial charge in [0.1, 0.15) is 11.5 Å². The Labute approximate surface area is 163 Å². The average Bonchev–Trinajstić information content (AvgIpc) is 3.00. The molecule has 4 heterocycles. The summed E-state index contributed by atoms with van der Waals surface area (Å²) in [5.41, 5.74) is 2.97. The van der Waals surface area contributed by atoms with Crippen molar-refractivity contribution in [2.24, 2.45) is 0 Å². The summed E-state index contributed by atoms with van der Waals surface area (Å²) in [6.45, 7) is 8.09. The lowest BCUT2D eigenvalue weighted by Crippen LogP contribution is -2.31. The molecule has 3 aromatic heterocycles. The number of anilines is 2. The Bertz CT molecular complexity index is 894. The number of pyridine rings is 1. The quantitative estimate of drug-likeness (QED) is 0.689. The Balaban J connectivity index is 1.57. The van der Waals surface area contributed by atoms with E-state index >= 15 is 0 Å². The molecular formula is C20H24N6S. The molecule has 0 bridgehead atoms. The molecule has 0 saturated carbocycles. The minimum Gasteiger partial charge on any atom is -0.355 e. The lowest BCUT2D eigenvalue weighted by Gasteiger charge is -2.23. The summed E-state index contributed by atoms with van der Waals surface area (Å²) in [7, 11) is 0. The fourth-order valence-electron chi connectivity index (χ4n) is 3.26. The predicted octanol–water partition coefficient (Wildman–Crippen LogP) is 3.58. The largest absolute Gasteiger partial charge is 0.355 e. The van der Waals surface area contributed by atoms with Gasteiger partial charge in [-0.1, -0.05) is 13.0 Å². The average molecular weight is 381 g/mol. The molecule has 4 rings (SSSR count). The van der Waals surface area contributed by atoms with Gasteiger partial charge in [-0.15, -0.1) is 11.3 Å². The third kappa shape index (κ3) is 4.08. The van der Waals surface area contributed by atoms with Crippen molar-refractivity contribution in [3.05, 3.63) is 47.2 Å². The number of hydrogen-bond donors (Lipinski definition) is 0. The first-order chi connectivity index (χ1) is 13.2. The van der Waals surface area contributed by atoms with Crippen LogP contribution in [-0.4, -0.2) is 46.1 Å². The van der Waals surface area contributed by atoms with Crippen molar-refractivity contribution in [2.75, 3.05) is 36.0 Å². The maximum Gasteiger partial charge on any atom is 0.185 e. The summed E-state index contributed by atoms with van der Waals surface area (Å²) < 4.78 is 0. The minimum absolute atomic E-state index is 0.710. The summed E-state index contributed by atoms with van der Waals surface area (Å²) in [4.78, 5) is 23.4. The highest BCUT2D eigenvalue weighted by Crippen LogP contribution is 2.24. The highest BCUT2D eigenvalue weighted by molar-refractivity contribution is 7.13. The molecule has 0 aliphatic carbocycles. The monoisotopic (exact) mass is 380 g/mol. The summed E-state index contributed by atoms with van der Waals surface area (Å²) in [5.74, 6) is 1.71. The van der Waals surface area contributed by atoms with Crippen molar-refractivity contribution in [1.82, 2.24) is 19.9 Å². The van der Waals surface area contributed by atoms with Crippen molar-refractivity contribution < 1.29 is 0 Å². The van der Waals surface area contributed by atoms with E-state index in [4.69, 9.17) is 4.98 Å². The number of rotatable bonds is 4. The normalized spacial score (nSPS) is 15.0. The lowest BCUT2D eigenvalue weighted by atomic mass is 10.2. The molecule has 0 radical (unpaired) electrons. The molecule has 1 aliphatic heterocycles. The minimum atomic E-state index is 0.710. The molecular weight excluding hydrogens is 356 g/mol. The summed E-state index contributed by atoms with van der Waals surface area (Å²) >= 11 is 1.73. The molecule has 1 fully saturated rings. The van der Waals surface area contributed by atoms with Gasteiger partial charge in [0.05, 0.1) is 5.69 Å². The Kier molecular flexibility index (Phi) is 5.29. The van der Waals surface area contributed by atoms with Gasteiger partial charge in [0.2, 0.25) is 0 Å². The maximum atomic E-state index is 4.84. The van der Waals surface area contributed by atoms with Crippen LogP contribution in [0, 0.1) is 6.92 Å². The fraction of sp³-hybridized carbons (Fsp3) is 0.400. The first-order valence-electron chi connectivity index (χ1n) is 9.44. The van der Waals surface area contributed by atoms with Crippen LogP contribution in [0.3, 0.4) is 0 Å². The van der Waals surface area contributed by atoms with Crippen molar-refractivity contribution >= 4 is 22.3 Å². The zero-order chi connectivity index (χ0) is 18.6. The highest BCUT2D eigenvalue weighted by Gasteiger charge is 2.19. The van der Waals surface area contributed by atoms with Gasteiger partial charge < -0.3 is 9.80 Å². The van der Waals surface area contributed by atoms with E-state index in [1.807, 2.05) is 18.2 Å². The van der Waals surface area contributed by atoms with Gasteiger partial charge in [0.25, 0.3) is 0 Å². The third-order valence-electron chi connectivity index (χ3n) is 4.72. The molecule has 0 amide bonds. The van der Waals surface area contributed by atoms with Crippen molar-refractivity contribution in [3.8, 4) is 11.5 Å². The van der Waals surface area contributed by atoms with Crippen molar-refractivity contribution in [3.63, 3.8) is 0 Å². The van der Waals surface area contributed by atoms with Crippen LogP contribution in [0.25, 0.3) is 11.5 Å². The van der Waals surface area contributed by atoms with E-state index in [0.29, 0.717) is 5.82 Å². The Morgan fingerprint density at radius 3 is 2.63 bits per heavy atom. The number of nitrogens with zero attached hydrogens (tertiary/aromatic N) is 6. The second-order valence-corrected chi connectivity index (χ2v) is 7.55. The number of aromatic nitrogens is 4. The van der Waals surface area contributed by atoms with Crippen molar-refractivity contribution in [2.45, 2.75) is 26.7 Å². The van der Waals surface area contributed by atoms with Crippen LogP contribution in [0.15, 0.2) is 35.8 Å². The van der Waals surface area contributed by atoms with Gasteiger partial charge in [0, 0.05) is 49.5 Å². The molecule has 1 aliphatic rings. The molecule has 0 atom stereocenters. The highest BCUT2D eigenvalue weighted by atomic mass is 32.1. The zero-order valence-electron chi connectivity index (χ0n) is 15.8. The number of aryl methyl sites for hydroxylation is 2. The maximum absolute atomic E-state index is 4.84. The van der Waals surface area contributed by atoms with Gasteiger partial charge in [-0.2, -0.15) is 0 Å². The Hall–Kier alpha value is -2.54. The molecule has 0 N–H and O–H groups in total. The van der Waals surface area contributed by atoms with E-state index < -0.39 is 0 Å². The van der Waals surface area contributed by atoms with Crippen LogP contribution >= 0.6 is 11.3 Å². The van der Waals surface area contributed by atoms with Crippen molar-refractivity contribution in [1.29, 1.82) is 0 Å². The smallest absolute Gasteiger partial charge is 0.185 e. The van der Waals surface area contributed by atoms with E-state index in [-0.39, 0.29) is 0 Å². The van der Waals surface area contributed by atoms with Gasteiger partial charge in [-0.05, 0) is 31.9 Å². The number of thiazole rings is 1. The molecule has 140 valence electrons. The first kappa shape index (κ1) is 17.9. The molecule has 3 aromatic rings. The lowest BCUT2D eigenvalue weighted by molar-refractivity contribution is 0.792. The molecule has 0 aromatic carbocycles. The van der Waals surface area contributed by atoms with Crippen LogP contribution in [0.1, 0.15) is 24.7 Å². The van der Waals surface area contributed by atoms with Gasteiger partial charge >= 0.3 is 0 Å². The molecule has 0 unspecified atom stereocenters. The molecule has 7 heteroatoms. The van der Waals surface area contributed by atoms with Gasteiger partial charge in [0.15, 0.2) is 11.0 Å². The molecule has 27 heavy (non-hydrogen) atoms. The first-order valence-corrected chi connectivity index (χ1v) is 10.3. The molecule has 6 nitrogen and oxygen atoms in total. The second-order valence-electron chi connectivity index (χ2n) is 6.71. The van der Waals surface area contributed by atoms with Crippen LogP contribution in [0.5, 0.6) is 0 Å². The summed E-state index contributed by atoms with van der Waals surface area (Å²) in [6, 6.07) is 7.98. The van der Waals surface area contributed by atoms with Crippen LogP contribution in [-0.2, 0) is 6.42 Å². The zero-order valence-corrected chi connectivity index (χ0v) is 16.6. The number of hydrogen-bond acceptors (Lipinski definition) is 7. The third-order valence-corrected chi connectivity index (χ3v) is 5.74. The SMILES string of the molecule is CCc1cc(N2CCCN(c3nc(C)cs3)CC2)nc(-c2ccccn2)n1. The van der Waals surface area contributed by atoms with E-state index in [1.54, 1.807) is 17.5 Å². The topological polar surface area (TPSA) is 58.0 Å². The fourth-order valence-corrected chi connectivity index (χ4v) is 4.12. The summed E-state index contributed by atoms with van der Waals surface area (Å²) in [6.07, 6.45) is 3.76.